The Hall–Kier alpha value is -3.59. The van der Waals surface area contributed by atoms with Crippen LogP contribution in [-0.2, 0) is 13.4 Å². The number of para-hydroxylation sites is 2. The summed E-state index contributed by atoms with van der Waals surface area (Å²) in [6.45, 7) is 13.7. The minimum Gasteiger partial charge on any atom is -0.413 e. The fraction of sp³-hybridized carbons (Fsp3) is 0.242. The van der Waals surface area contributed by atoms with E-state index < -0.39 is 6.28 Å². The first kappa shape index (κ1) is 22.9. The number of hydrogen-bond acceptors (Lipinski definition) is 0. The third kappa shape index (κ3) is 3.02. The highest BCUT2D eigenvalue weighted by molar-refractivity contribution is 6.97. The fourth-order valence-electron chi connectivity index (χ4n) is 7.92. The van der Waals surface area contributed by atoms with Crippen LogP contribution in [0.2, 0.25) is 0 Å². The lowest BCUT2D eigenvalue weighted by Gasteiger charge is -2.47. The van der Waals surface area contributed by atoms with Crippen molar-refractivity contribution in [1.29, 1.82) is 0 Å². The normalized spacial score (nSPS) is 14.1. The van der Waals surface area contributed by atoms with Crippen LogP contribution in [0.3, 0.4) is 0 Å². The molecule has 36 heavy (non-hydrogen) atoms. The second-order valence-electron chi connectivity index (χ2n) is 11.2. The van der Waals surface area contributed by atoms with Gasteiger partial charge in [-0.05, 0) is 59.7 Å². The molecule has 1 aliphatic rings. The minimum atomic E-state index is -1.36. The molecule has 0 spiro atoms. The summed E-state index contributed by atoms with van der Waals surface area (Å²) in [6.07, 6.45) is -0.379. The molecule has 180 valence electrons. The molecule has 0 aliphatic carbocycles. The summed E-state index contributed by atoms with van der Waals surface area (Å²) < 4.78 is 5.16. The molecule has 0 amide bonds. The van der Waals surface area contributed by atoms with Gasteiger partial charge in [0.25, 0.3) is 6.28 Å². The van der Waals surface area contributed by atoms with Crippen molar-refractivity contribution in [2.45, 2.75) is 47.9 Å². The summed E-state index contributed by atoms with van der Waals surface area (Å²) in [6, 6.07) is 27.6. The number of hydrogen-bond donors (Lipinski definition) is 0. The van der Waals surface area contributed by atoms with Gasteiger partial charge in [0.2, 0.25) is 5.82 Å². The molecule has 2 heterocycles. The molecule has 6 rings (SSSR count). The molecule has 3 heteroatoms. The van der Waals surface area contributed by atoms with Crippen LogP contribution >= 0.6 is 0 Å². The van der Waals surface area contributed by atoms with Crippen LogP contribution in [0.25, 0.3) is 22.4 Å². The summed E-state index contributed by atoms with van der Waals surface area (Å²) in [5.41, 5.74) is 16.6. The maximum atomic E-state index is 2.74. The van der Waals surface area contributed by atoms with Crippen molar-refractivity contribution >= 4 is 28.2 Å². The van der Waals surface area contributed by atoms with E-state index in [1.54, 1.807) is 0 Å². The Morgan fingerprint density at radius 3 is 1.75 bits per heavy atom. The zero-order valence-corrected chi connectivity index (χ0v) is 22.6. The molecule has 0 saturated carbocycles. The zero-order valence-electron chi connectivity index (χ0n) is 22.6. The number of aryl methyl sites for hydroxylation is 7. The molecular formula is C33H35BN2. The van der Waals surface area contributed by atoms with Crippen molar-refractivity contribution in [2.24, 2.45) is 7.05 Å². The van der Waals surface area contributed by atoms with Gasteiger partial charge in [-0.15, -0.1) is 6.32 Å². The Labute approximate surface area is 215 Å². The van der Waals surface area contributed by atoms with Gasteiger partial charge in [-0.2, -0.15) is 10.9 Å². The first-order valence-corrected chi connectivity index (χ1v) is 13.2. The van der Waals surface area contributed by atoms with E-state index in [1.807, 2.05) is 0 Å². The molecule has 0 bridgehead atoms. The van der Waals surface area contributed by atoms with E-state index in [0.717, 1.165) is 6.32 Å². The first-order valence-electron chi connectivity index (χ1n) is 13.2. The summed E-state index contributed by atoms with van der Waals surface area (Å²) in [5.74, 6) is 1.30. The van der Waals surface area contributed by atoms with Crippen LogP contribution in [0.1, 0.15) is 38.9 Å². The summed E-state index contributed by atoms with van der Waals surface area (Å²) >= 11 is 0. The maximum Gasteiger partial charge on any atom is 0.250 e. The van der Waals surface area contributed by atoms with Crippen LogP contribution in [-0.4, -0.2) is 10.8 Å². The average molecular weight is 470 g/mol. The van der Waals surface area contributed by atoms with Crippen LogP contribution in [0.5, 0.6) is 0 Å². The molecular weight excluding hydrogens is 435 g/mol. The van der Waals surface area contributed by atoms with E-state index in [1.165, 1.54) is 72.3 Å². The van der Waals surface area contributed by atoms with Gasteiger partial charge in [0.15, 0.2) is 5.52 Å². The predicted octanol–water partition coefficient (Wildman–Crippen LogP) is 5.69. The largest absolute Gasteiger partial charge is 0.413 e. The van der Waals surface area contributed by atoms with Crippen molar-refractivity contribution in [3.63, 3.8) is 0 Å². The second kappa shape index (κ2) is 7.96. The van der Waals surface area contributed by atoms with Gasteiger partial charge in [-0.1, -0.05) is 93.5 Å². The molecule has 2 nitrogen and oxygen atoms in total. The third-order valence-electron chi connectivity index (χ3n) is 8.69. The monoisotopic (exact) mass is 470 g/mol. The van der Waals surface area contributed by atoms with Crippen molar-refractivity contribution < 1.29 is 4.48 Å². The summed E-state index contributed by atoms with van der Waals surface area (Å²) in [5, 5.41) is 0. The molecule has 0 unspecified atom stereocenters. The van der Waals surface area contributed by atoms with E-state index in [4.69, 9.17) is 0 Å². The second-order valence-corrected chi connectivity index (χ2v) is 11.2. The predicted molar refractivity (Wildman–Crippen MR) is 154 cm³/mol. The third-order valence-corrected chi connectivity index (χ3v) is 8.69. The summed E-state index contributed by atoms with van der Waals surface area (Å²) in [4.78, 5) is 0. The Morgan fingerprint density at radius 1 is 0.667 bits per heavy atom. The van der Waals surface area contributed by atoms with Crippen LogP contribution in [0.15, 0.2) is 72.8 Å². The van der Waals surface area contributed by atoms with E-state index in [2.05, 4.69) is 130 Å². The van der Waals surface area contributed by atoms with Crippen molar-refractivity contribution in [1.82, 2.24) is 4.57 Å². The molecule has 4 aromatic carbocycles. The van der Waals surface area contributed by atoms with Gasteiger partial charge in [0.1, 0.15) is 5.52 Å². The molecule has 0 radical (unpaired) electrons. The number of fused-ring (bicyclic) bond motifs is 5. The zero-order chi connectivity index (χ0) is 25.4. The Kier molecular flexibility index (Phi) is 5.05. The Balaban J connectivity index is 1.91. The molecule has 0 N–H and O–H groups in total. The molecule has 0 saturated heterocycles. The smallest absolute Gasteiger partial charge is 0.250 e. The molecule has 0 atom stereocenters. The lowest BCUT2D eigenvalue weighted by molar-refractivity contribution is -0.502. The van der Waals surface area contributed by atoms with E-state index in [-0.39, 0.29) is 0 Å². The summed E-state index contributed by atoms with van der Waals surface area (Å²) in [7, 11) is 2.24. The molecule has 0 fully saturated rings. The lowest BCUT2D eigenvalue weighted by Crippen LogP contribution is -2.83. The number of rotatable bonds is 2. The number of nitrogens with zero attached hydrogens (tertiary/aromatic N) is 2. The number of aromatic nitrogens is 2. The molecule has 1 aliphatic heterocycles. The van der Waals surface area contributed by atoms with Gasteiger partial charge in [-0.3, -0.25) is 0 Å². The van der Waals surface area contributed by atoms with Gasteiger partial charge in [0, 0.05) is 0 Å². The number of imidazole rings is 1. The highest BCUT2D eigenvalue weighted by atomic mass is 15.1. The Morgan fingerprint density at radius 2 is 1.17 bits per heavy atom. The fourth-order valence-corrected chi connectivity index (χ4v) is 7.92. The SMILES string of the molecule is Cc1cc(C)c([B-]2(c3c(C)cc(C)cc3C)Cc3ccccc3-c3n(C)c4ccccc4[n+]32)c(C)c1. The number of benzene rings is 4. The minimum absolute atomic E-state index is 0.983. The van der Waals surface area contributed by atoms with E-state index in [9.17, 15) is 0 Å². The van der Waals surface area contributed by atoms with Crippen LogP contribution in [0.4, 0.5) is 0 Å². The van der Waals surface area contributed by atoms with E-state index >= 15 is 0 Å². The highest BCUT2D eigenvalue weighted by Gasteiger charge is 2.47. The van der Waals surface area contributed by atoms with E-state index in [0.29, 0.717) is 0 Å². The van der Waals surface area contributed by atoms with Gasteiger partial charge in [0.05, 0.1) is 12.6 Å². The quantitative estimate of drug-likeness (QED) is 0.293. The Bertz CT molecular complexity index is 1580. The van der Waals surface area contributed by atoms with Crippen LogP contribution in [0, 0.1) is 41.5 Å². The maximum absolute atomic E-state index is 2.74. The average Bonchev–Trinajstić information content (AvgIpc) is 3.11. The first-order chi connectivity index (χ1) is 17.2. The standard InChI is InChI=1S/C33H35BN2/c1-21-16-23(3)31(24(4)17-21)34(32-25(5)18-22(2)19-26(32)6)20-27-12-8-9-13-28(27)33-35(7)29-14-10-11-15-30(29)36(33)34/h8-19H,20H2,1-7H3. The highest BCUT2D eigenvalue weighted by Crippen LogP contribution is 2.34. The van der Waals surface area contributed by atoms with Crippen molar-refractivity contribution in [3.8, 4) is 11.4 Å². The van der Waals surface area contributed by atoms with Crippen LogP contribution < -0.4 is 15.4 Å². The molecule has 5 aromatic rings. The van der Waals surface area contributed by atoms with Gasteiger partial charge in [-0.25, -0.2) is 4.57 Å². The topological polar surface area (TPSA) is 8.81 Å². The van der Waals surface area contributed by atoms with Gasteiger partial charge >= 0.3 is 0 Å². The van der Waals surface area contributed by atoms with Gasteiger partial charge < -0.3 is 4.48 Å². The molecule has 1 aromatic heterocycles. The van der Waals surface area contributed by atoms with Crippen molar-refractivity contribution in [2.75, 3.05) is 0 Å². The lowest BCUT2D eigenvalue weighted by atomic mass is 9.22. The van der Waals surface area contributed by atoms with Crippen molar-refractivity contribution in [3.05, 3.63) is 112 Å².